The van der Waals surface area contributed by atoms with Crippen LogP contribution in [0.4, 0.5) is 0 Å². The highest BCUT2D eigenvalue weighted by Crippen LogP contribution is 2.29. The van der Waals surface area contributed by atoms with Gasteiger partial charge in [-0.05, 0) is 18.2 Å². The Hall–Kier alpha value is -2.08. The number of aliphatic hydroxyl groups excluding tert-OH is 4. The van der Waals surface area contributed by atoms with Crippen molar-refractivity contribution >= 4 is 11.6 Å². The van der Waals surface area contributed by atoms with Gasteiger partial charge in [-0.1, -0.05) is 20.8 Å². The Morgan fingerprint density at radius 1 is 1.03 bits per heavy atom. The Kier molecular flexibility index (Phi) is 9.14. The number of aliphatic hydroxyl groups is 4. The molecule has 32 heavy (non-hydrogen) atoms. The molecule has 1 unspecified atom stereocenters. The summed E-state index contributed by atoms with van der Waals surface area (Å²) in [5.74, 6) is 0.156. The second kappa shape index (κ2) is 11.2. The number of benzene rings is 1. The van der Waals surface area contributed by atoms with E-state index in [1.54, 1.807) is 26.8 Å². The van der Waals surface area contributed by atoms with Crippen molar-refractivity contribution in [1.29, 1.82) is 0 Å². The van der Waals surface area contributed by atoms with Crippen molar-refractivity contribution in [3.8, 4) is 11.5 Å². The molecule has 5 atom stereocenters. The fourth-order valence-electron chi connectivity index (χ4n) is 2.99. The normalized spacial score (nSPS) is 25.9. The third-order valence-electron chi connectivity index (χ3n) is 5.11. The van der Waals surface area contributed by atoms with Crippen LogP contribution < -0.4 is 9.47 Å². The van der Waals surface area contributed by atoms with Gasteiger partial charge in [0.1, 0.15) is 36.8 Å². The molecule has 0 saturated carbocycles. The molecule has 1 saturated heterocycles. The SMILES string of the molecule is COc1cc(C(=O)CC(=O)C(C)(C)C)ccc1OCCOC1O[C@H](CO)[C@@H](O)[C@H](O)[C@H]1O. The number of ketones is 2. The Balaban J connectivity index is 1.92. The molecule has 1 aliphatic rings. The van der Waals surface area contributed by atoms with Crippen molar-refractivity contribution in [1.82, 2.24) is 0 Å². The predicted molar refractivity (Wildman–Crippen MR) is 112 cm³/mol. The minimum absolute atomic E-state index is 0.0151. The lowest BCUT2D eigenvalue weighted by atomic mass is 9.87. The van der Waals surface area contributed by atoms with Gasteiger partial charge in [-0.3, -0.25) is 9.59 Å². The molecule has 1 aromatic rings. The Morgan fingerprint density at radius 3 is 2.31 bits per heavy atom. The Labute approximate surface area is 186 Å². The fraction of sp³-hybridized carbons (Fsp3) is 0.636. The van der Waals surface area contributed by atoms with Gasteiger partial charge in [0.2, 0.25) is 0 Å². The zero-order chi connectivity index (χ0) is 24.1. The first-order valence-electron chi connectivity index (χ1n) is 10.3. The van der Waals surface area contributed by atoms with E-state index in [1.807, 2.05) is 0 Å². The summed E-state index contributed by atoms with van der Waals surface area (Å²) in [5.41, 5.74) is -0.284. The number of Topliss-reactive ketones (excluding diaryl/α,β-unsaturated/α-hetero) is 2. The first kappa shape index (κ1) is 26.2. The molecule has 0 aliphatic carbocycles. The third-order valence-corrected chi connectivity index (χ3v) is 5.11. The van der Waals surface area contributed by atoms with Crippen LogP contribution in [0.5, 0.6) is 11.5 Å². The lowest BCUT2D eigenvalue weighted by Crippen LogP contribution is -2.59. The minimum Gasteiger partial charge on any atom is -0.493 e. The second-order valence-electron chi connectivity index (χ2n) is 8.56. The second-order valence-corrected chi connectivity index (χ2v) is 8.56. The van der Waals surface area contributed by atoms with Gasteiger partial charge >= 0.3 is 0 Å². The fourth-order valence-corrected chi connectivity index (χ4v) is 2.99. The predicted octanol–water partition coefficient (Wildman–Crippen LogP) is 0.0785. The van der Waals surface area contributed by atoms with Crippen LogP contribution in [0.15, 0.2) is 18.2 Å². The quantitative estimate of drug-likeness (QED) is 0.216. The maximum absolute atomic E-state index is 12.4. The number of carbonyl (C=O) groups excluding carboxylic acids is 2. The van der Waals surface area contributed by atoms with Gasteiger partial charge in [0.15, 0.2) is 23.6 Å². The molecule has 1 aromatic carbocycles. The number of rotatable bonds is 10. The minimum atomic E-state index is -1.53. The molecular weight excluding hydrogens is 424 g/mol. The van der Waals surface area contributed by atoms with Crippen LogP contribution in [-0.4, -0.2) is 89.6 Å². The number of hydrogen-bond acceptors (Lipinski definition) is 10. The summed E-state index contributed by atoms with van der Waals surface area (Å²) >= 11 is 0. The summed E-state index contributed by atoms with van der Waals surface area (Å²) in [6.45, 7) is 4.68. The molecule has 4 N–H and O–H groups in total. The molecule has 10 heteroatoms. The largest absolute Gasteiger partial charge is 0.493 e. The van der Waals surface area contributed by atoms with Gasteiger partial charge < -0.3 is 39.4 Å². The van der Waals surface area contributed by atoms with Crippen LogP contribution in [0.25, 0.3) is 0 Å². The van der Waals surface area contributed by atoms with Crippen molar-refractivity contribution in [2.45, 2.75) is 57.9 Å². The lowest BCUT2D eigenvalue weighted by molar-refractivity contribution is -0.301. The van der Waals surface area contributed by atoms with Crippen LogP contribution in [0, 0.1) is 5.41 Å². The van der Waals surface area contributed by atoms with Crippen LogP contribution in [0.3, 0.4) is 0 Å². The molecule has 1 aliphatic heterocycles. The first-order chi connectivity index (χ1) is 15.0. The van der Waals surface area contributed by atoms with Crippen LogP contribution in [0.2, 0.25) is 0 Å². The molecule has 10 nitrogen and oxygen atoms in total. The number of ether oxygens (including phenoxy) is 4. The van der Waals surface area contributed by atoms with Gasteiger partial charge in [-0.2, -0.15) is 0 Å². The van der Waals surface area contributed by atoms with Crippen molar-refractivity contribution in [2.75, 3.05) is 26.9 Å². The molecule has 0 radical (unpaired) electrons. The molecule has 1 fully saturated rings. The van der Waals surface area contributed by atoms with Crippen LogP contribution >= 0.6 is 0 Å². The third kappa shape index (κ3) is 6.47. The highest BCUT2D eigenvalue weighted by molar-refractivity contribution is 6.09. The van der Waals surface area contributed by atoms with E-state index in [9.17, 15) is 30.0 Å². The Bertz CT molecular complexity index is 785. The van der Waals surface area contributed by atoms with E-state index >= 15 is 0 Å². The van der Waals surface area contributed by atoms with E-state index in [1.165, 1.54) is 19.2 Å². The van der Waals surface area contributed by atoms with Gasteiger partial charge in [0.25, 0.3) is 0 Å². The lowest BCUT2D eigenvalue weighted by Gasteiger charge is -2.39. The van der Waals surface area contributed by atoms with E-state index in [4.69, 9.17) is 18.9 Å². The number of carbonyl (C=O) groups is 2. The maximum atomic E-state index is 12.4. The standard InChI is InChI=1S/C22H32O10/c1-22(2,3)17(25)10-13(24)12-5-6-14(15(9-12)29-4)30-7-8-31-21-20(28)19(27)18(26)16(11-23)32-21/h5-6,9,16,18-21,23,26-28H,7-8,10-11H2,1-4H3/t16-,18-,19+,20-,21?/m1/s1. The van der Waals surface area contributed by atoms with Crippen LogP contribution in [0.1, 0.15) is 37.6 Å². The van der Waals surface area contributed by atoms with Gasteiger partial charge in [0, 0.05) is 11.0 Å². The topological polar surface area (TPSA) is 152 Å². The average molecular weight is 456 g/mol. The summed E-state index contributed by atoms with van der Waals surface area (Å²) in [5, 5.41) is 38.7. The van der Waals surface area contributed by atoms with Gasteiger partial charge in [-0.15, -0.1) is 0 Å². The summed E-state index contributed by atoms with van der Waals surface area (Å²) in [6.07, 6.45) is -7.01. The summed E-state index contributed by atoms with van der Waals surface area (Å²) in [6, 6.07) is 4.57. The van der Waals surface area contributed by atoms with E-state index in [-0.39, 0.29) is 31.2 Å². The monoisotopic (exact) mass is 456 g/mol. The Morgan fingerprint density at radius 2 is 1.72 bits per heavy atom. The molecule has 1 heterocycles. The summed E-state index contributed by atoms with van der Waals surface area (Å²) in [7, 11) is 1.42. The molecule has 0 amide bonds. The molecule has 0 aromatic heterocycles. The van der Waals surface area contributed by atoms with Crippen molar-refractivity contribution in [3.63, 3.8) is 0 Å². The van der Waals surface area contributed by atoms with E-state index < -0.39 is 42.7 Å². The summed E-state index contributed by atoms with van der Waals surface area (Å²) in [4.78, 5) is 24.5. The smallest absolute Gasteiger partial charge is 0.186 e. The molecular formula is C22H32O10. The highest BCUT2D eigenvalue weighted by atomic mass is 16.7. The molecule has 2 rings (SSSR count). The summed E-state index contributed by atoms with van der Waals surface area (Å²) < 4.78 is 21.5. The van der Waals surface area contributed by atoms with E-state index in [0.29, 0.717) is 17.1 Å². The maximum Gasteiger partial charge on any atom is 0.186 e. The van der Waals surface area contributed by atoms with Gasteiger partial charge in [0.05, 0.1) is 26.7 Å². The number of methoxy groups -OCH3 is 1. The van der Waals surface area contributed by atoms with Crippen LogP contribution in [-0.2, 0) is 14.3 Å². The average Bonchev–Trinajstić information content (AvgIpc) is 2.75. The number of hydrogen-bond donors (Lipinski definition) is 4. The molecule has 0 bridgehead atoms. The first-order valence-corrected chi connectivity index (χ1v) is 10.3. The zero-order valence-corrected chi connectivity index (χ0v) is 18.7. The van der Waals surface area contributed by atoms with Crippen molar-refractivity contribution in [3.05, 3.63) is 23.8 Å². The van der Waals surface area contributed by atoms with Crippen molar-refractivity contribution < 1.29 is 49.0 Å². The van der Waals surface area contributed by atoms with Gasteiger partial charge in [-0.25, -0.2) is 0 Å². The van der Waals surface area contributed by atoms with E-state index in [0.717, 1.165) is 0 Å². The van der Waals surface area contributed by atoms with E-state index in [2.05, 4.69) is 0 Å². The molecule has 0 spiro atoms. The molecule has 180 valence electrons. The highest BCUT2D eigenvalue weighted by Gasteiger charge is 2.43. The zero-order valence-electron chi connectivity index (χ0n) is 18.7. The van der Waals surface area contributed by atoms with Crippen molar-refractivity contribution in [2.24, 2.45) is 5.41 Å².